The van der Waals surface area contributed by atoms with Gasteiger partial charge in [-0.3, -0.25) is 4.79 Å². The van der Waals surface area contributed by atoms with Crippen LogP contribution in [0.15, 0.2) is 79.1 Å². The van der Waals surface area contributed by atoms with Gasteiger partial charge in [0.2, 0.25) is 5.91 Å². The van der Waals surface area contributed by atoms with Gasteiger partial charge in [-0.2, -0.15) is 0 Å². The minimum atomic E-state index is -0.0838. The molecule has 0 bridgehead atoms. The predicted octanol–water partition coefficient (Wildman–Crippen LogP) is 4.19. The summed E-state index contributed by atoms with van der Waals surface area (Å²) in [6.07, 6.45) is 4.19. The maximum atomic E-state index is 12.6. The predicted molar refractivity (Wildman–Crippen MR) is 106 cm³/mol. The third-order valence-corrected chi connectivity index (χ3v) is 4.34. The normalized spacial score (nSPS) is 10.7. The number of carbonyl (C=O) groups is 1. The van der Waals surface area contributed by atoms with Crippen molar-refractivity contribution in [2.24, 2.45) is 0 Å². The molecule has 0 aliphatic carbocycles. The van der Waals surface area contributed by atoms with Gasteiger partial charge in [0.15, 0.2) is 0 Å². The van der Waals surface area contributed by atoms with Gasteiger partial charge in [-0.05, 0) is 35.9 Å². The van der Waals surface area contributed by atoms with Crippen LogP contribution in [0.3, 0.4) is 0 Å². The average Bonchev–Trinajstić information content (AvgIpc) is 3.12. The molecule has 27 heavy (non-hydrogen) atoms. The number of hydrogen-bond acceptors (Lipinski definition) is 3. The van der Waals surface area contributed by atoms with Crippen molar-refractivity contribution in [1.82, 2.24) is 9.38 Å². The third-order valence-electron chi connectivity index (χ3n) is 4.34. The molecule has 2 heterocycles. The Labute approximate surface area is 157 Å². The van der Waals surface area contributed by atoms with Gasteiger partial charge >= 0.3 is 0 Å². The van der Waals surface area contributed by atoms with E-state index in [1.165, 1.54) is 0 Å². The largest absolute Gasteiger partial charge is 0.497 e. The summed E-state index contributed by atoms with van der Waals surface area (Å²) < 4.78 is 7.18. The molecular weight excluding hydrogens is 338 g/mol. The Morgan fingerprint density at radius 2 is 1.93 bits per heavy atom. The van der Waals surface area contributed by atoms with Crippen LogP contribution < -0.4 is 10.1 Å². The number of aromatic nitrogens is 2. The maximum Gasteiger partial charge on any atom is 0.228 e. The number of methoxy groups -OCH3 is 1. The second-order valence-electron chi connectivity index (χ2n) is 6.21. The van der Waals surface area contributed by atoms with Crippen LogP contribution in [0.4, 0.5) is 5.69 Å². The van der Waals surface area contributed by atoms with Crippen molar-refractivity contribution >= 4 is 17.2 Å². The lowest BCUT2D eigenvalue weighted by Gasteiger charge is -2.10. The summed E-state index contributed by atoms with van der Waals surface area (Å²) in [5, 5.41) is 3.01. The topological polar surface area (TPSA) is 55.6 Å². The number of ether oxygens (including phenoxy) is 1. The molecule has 5 nitrogen and oxygen atoms in total. The number of amides is 1. The first-order valence-electron chi connectivity index (χ1n) is 8.69. The number of nitrogens with zero attached hydrogens (tertiary/aromatic N) is 2. The second-order valence-corrected chi connectivity index (χ2v) is 6.21. The van der Waals surface area contributed by atoms with Crippen molar-refractivity contribution in [3.8, 4) is 17.0 Å². The molecular formula is C22H19N3O2. The zero-order valence-corrected chi connectivity index (χ0v) is 14.9. The lowest BCUT2D eigenvalue weighted by atomic mass is 10.1. The van der Waals surface area contributed by atoms with Crippen LogP contribution in [0.2, 0.25) is 0 Å². The summed E-state index contributed by atoms with van der Waals surface area (Å²) in [7, 11) is 1.62. The zero-order valence-electron chi connectivity index (χ0n) is 14.9. The highest BCUT2D eigenvalue weighted by atomic mass is 16.5. The minimum Gasteiger partial charge on any atom is -0.497 e. The second kappa shape index (κ2) is 7.33. The molecule has 0 radical (unpaired) electrons. The fraction of sp³-hybridized carbons (Fsp3) is 0.0909. The molecule has 0 spiro atoms. The maximum absolute atomic E-state index is 12.6. The van der Waals surface area contributed by atoms with Crippen molar-refractivity contribution < 1.29 is 9.53 Å². The van der Waals surface area contributed by atoms with Crippen LogP contribution in [0.5, 0.6) is 5.75 Å². The van der Waals surface area contributed by atoms with E-state index in [9.17, 15) is 4.79 Å². The number of fused-ring (bicyclic) bond motifs is 1. The molecule has 2 aromatic carbocycles. The van der Waals surface area contributed by atoms with E-state index in [4.69, 9.17) is 4.74 Å². The van der Waals surface area contributed by atoms with E-state index in [1.54, 1.807) is 7.11 Å². The SMILES string of the molecule is COc1cccc(CC(=O)Nc2ccccc2-c2cn3ccccc3n2)c1. The average molecular weight is 357 g/mol. The highest BCUT2D eigenvalue weighted by Gasteiger charge is 2.12. The lowest BCUT2D eigenvalue weighted by molar-refractivity contribution is -0.115. The Bertz CT molecular complexity index is 1070. The molecule has 2 aromatic heterocycles. The molecule has 0 saturated carbocycles. The van der Waals surface area contributed by atoms with Gasteiger partial charge in [0.05, 0.1) is 24.9 Å². The molecule has 0 saturated heterocycles. The summed E-state index contributed by atoms with van der Waals surface area (Å²) in [5.41, 5.74) is 4.22. The van der Waals surface area contributed by atoms with Gasteiger partial charge in [0.1, 0.15) is 11.4 Å². The van der Waals surface area contributed by atoms with Gasteiger partial charge in [-0.15, -0.1) is 0 Å². The molecule has 4 aromatic rings. The Kier molecular flexibility index (Phi) is 4.58. The van der Waals surface area contributed by atoms with Gasteiger partial charge in [-0.1, -0.05) is 36.4 Å². The van der Waals surface area contributed by atoms with Crippen molar-refractivity contribution in [3.63, 3.8) is 0 Å². The summed E-state index contributed by atoms with van der Waals surface area (Å²) in [6.45, 7) is 0. The number of benzene rings is 2. The standard InChI is InChI=1S/C22H19N3O2/c1-27-17-8-6-7-16(13-17)14-22(26)24-19-10-3-2-9-18(19)20-15-25-12-5-4-11-21(25)23-20/h2-13,15H,14H2,1H3,(H,24,26). The van der Waals surface area contributed by atoms with Crippen molar-refractivity contribution in [2.45, 2.75) is 6.42 Å². The van der Waals surface area contributed by atoms with E-state index >= 15 is 0 Å². The van der Waals surface area contributed by atoms with E-state index in [1.807, 2.05) is 83.5 Å². The van der Waals surface area contributed by atoms with Crippen LogP contribution in [0, 0.1) is 0 Å². The first-order chi connectivity index (χ1) is 13.2. The highest BCUT2D eigenvalue weighted by Crippen LogP contribution is 2.27. The molecule has 0 aliphatic heterocycles. The van der Waals surface area contributed by atoms with Crippen LogP contribution in [-0.2, 0) is 11.2 Å². The molecule has 0 atom stereocenters. The first-order valence-corrected chi connectivity index (χ1v) is 8.69. The Balaban J connectivity index is 1.58. The van der Waals surface area contributed by atoms with Crippen LogP contribution in [-0.4, -0.2) is 22.4 Å². The molecule has 5 heteroatoms. The number of rotatable bonds is 5. The van der Waals surface area contributed by atoms with E-state index in [2.05, 4.69) is 10.3 Å². The summed E-state index contributed by atoms with van der Waals surface area (Å²) >= 11 is 0. The smallest absolute Gasteiger partial charge is 0.228 e. The molecule has 0 aliphatic rings. The number of carbonyl (C=O) groups excluding carboxylic acids is 1. The highest BCUT2D eigenvalue weighted by molar-refractivity contribution is 5.96. The van der Waals surface area contributed by atoms with Crippen molar-refractivity contribution in [3.05, 3.63) is 84.7 Å². The Hall–Kier alpha value is -3.60. The summed E-state index contributed by atoms with van der Waals surface area (Å²) in [5.74, 6) is 0.657. The van der Waals surface area contributed by atoms with Gasteiger partial charge in [0.25, 0.3) is 0 Å². The van der Waals surface area contributed by atoms with E-state index in [0.717, 1.165) is 33.9 Å². The summed E-state index contributed by atoms with van der Waals surface area (Å²) in [6, 6.07) is 21.1. The number of pyridine rings is 1. The molecule has 1 amide bonds. The molecule has 134 valence electrons. The number of para-hydroxylation sites is 1. The fourth-order valence-electron chi connectivity index (χ4n) is 3.04. The zero-order chi connectivity index (χ0) is 18.6. The Morgan fingerprint density at radius 3 is 2.78 bits per heavy atom. The van der Waals surface area contributed by atoms with Gasteiger partial charge < -0.3 is 14.5 Å². The van der Waals surface area contributed by atoms with E-state index in [-0.39, 0.29) is 12.3 Å². The van der Waals surface area contributed by atoms with E-state index < -0.39 is 0 Å². The summed E-state index contributed by atoms with van der Waals surface area (Å²) in [4.78, 5) is 17.2. The minimum absolute atomic E-state index is 0.0838. The van der Waals surface area contributed by atoms with Gasteiger partial charge in [0, 0.05) is 18.0 Å². The van der Waals surface area contributed by atoms with Crippen molar-refractivity contribution in [2.75, 3.05) is 12.4 Å². The van der Waals surface area contributed by atoms with Crippen LogP contribution in [0.25, 0.3) is 16.9 Å². The van der Waals surface area contributed by atoms with Gasteiger partial charge in [-0.25, -0.2) is 4.98 Å². The number of nitrogens with one attached hydrogen (secondary N) is 1. The third kappa shape index (κ3) is 3.67. The monoisotopic (exact) mass is 357 g/mol. The quantitative estimate of drug-likeness (QED) is 0.583. The lowest BCUT2D eigenvalue weighted by Crippen LogP contribution is -2.15. The van der Waals surface area contributed by atoms with E-state index in [0.29, 0.717) is 0 Å². The van der Waals surface area contributed by atoms with Crippen molar-refractivity contribution in [1.29, 1.82) is 0 Å². The molecule has 1 N–H and O–H groups in total. The first kappa shape index (κ1) is 16.8. The number of imidazole rings is 1. The Morgan fingerprint density at radius 1 is 1.07 bits per heavy atom. The fourth-order valence-corrected chi connectivity index (χ4v) is 3.04. The number of anilines is 1. The molecule has 0 unspecified atom stereocenters. The number of hydrogen-bond donors (Lipinski definition) is 1. The van der Waals surface area contributed by atoms with Crippen LogP contribution >= 0.6 is 0 Å². The van der Waals surface area contributed by atoms with Crippen LogP contribution in [0.1, 0.15) is 5.56 Å². The molecule has 0 fully saturated rings. The molecule has 4 rings (SSSR count).